The van der Waals surface area contributed by atoms with Crippen LogP contribution in [0.25, 0.3) is 0 Å². The molecule has 0 radical (unpaired) electrons. The SMILES string of the molecule is CC.CCC.CCCC1=CC(O)=CCC=C1.NC1CCC1. The van der Waals surface area contributed by atoms with Crippen LogP contribution in [0.5, 0.6) is 0 Å². The van der Waals surface area contributed by atoms with E-state index in [0.29, 0.717) is 11.8 Å². The molecule has 2 aliphatic carbocycles. The molecule has 1 saturated carbocycles. The summed E-state index contributed by atoms with van der Waals surface area (Å²) in [5.74, 6) is 0.401. The van der Waals surface area contributed by atoms with Gasteiger partial charge < -0.3 is 10.8 Å². The lowest BCUT2D eigenvalue weighted by atomic mass is 9.95. The van der Waals surface area contributed by atoms with E-state index < -0.39 is 0 Å². The quantitative estimate of drug-likeness (QED) is 0.651. The fraction of sp³-hybridized carbons (Fsp3) is 0.684. The molecule has 0 atom stereocenters. The van der Waals surface area contributed by atoms with E-state index >= 15 is 0 Å². The Hall–Kier alpha value is -1.02. The Bertz CT molecular complexity index is 299. The van der Waals surface area contributed by atoms with Crippen LogP contribution in [0.15, 0.2) is 35.6 Å². The predicted molar refractivity (Wildman–Crippen MR) is 96.6 cm³/mol. The third-order valence-corrected chi connectivity index (χ3v) is 2.82. The van der Waals surface area contributed by atoms with Gasteiger partial charge in [0.25, 0.3) is 0 Å². The number of rotatable bonds is 2. The first kappa shape index (κ1) is 22.3. The molecule has 2 aliphatic rings. The number of allylic oxidation sites excluding steroid dienone is 5. The maximum atomic E-state index is 9.23. The molecule has 1 fully saturated rings. The lowest BCUT2D eigenvalue weighted by molar-refractivity contribution is 0.418. The van der Waals surface area contributed by atoms with Crippen molar-refractivity contribution in [3.8, 4) is 0 Å². The minimum atomic E-state index is 0.401. The zero-order chi connectivity index (χ0) is 16.5. The van der Waals surface area contributed by atoms with Gasteiger partial charge in [0.05, 0.1) is 0 Å². The van der Waals surface area contributed by atoms with E-state index in [0.717, 1.165) is 19.3 Å². The van der Waals surface area contributed by atoms with Gasteiger partial charge in [-0.2, -0.15) is 0 Å². The maximum absolute atomic E-state index is 9.23. The second-order valence-corrected chi connectivity index (χ2v) is 5.13. The Labute approximate surface area is 132 Å². The fourth-order valence-electron chi connectivity index (χ4n) is 1.59. The first-order valence-corrected chi connectivity index (χ1v) is 8.65. The van der Waals surface area contributed by atoms with Gasteiger partial charge in [0.2, 0.25) is 0 Å². The second-order valence-electron chi connectivity index (χ2n) is 5.13. The molecule has 0 heterocycles. The minimum Gasteiger partial charge on any atom is -0.508 e. The Balaban J connectivity index is 0. The first-order chi connectivity index (χ1) is 10.1. The van der Waals surface area contributed by atoms with Gasteiger partial charge >= 0.3 is 0 Å². The maximum Gasteiger partial charge on any atom is 0.112 e. The van der Waals surface area contributed by atoms with Gasteiger partial charge in [-0.15, -0.1) is 0 Å². The number of aliphatic hydroxyl groups is 1. The summed E-state index contributed by atoms with van der Waals surface area (Å²) in [6.07, 6.45) is 16.0. The molecular weight excluding hydrogens is 258 g/mol. The third-order valence-electron chi connectivity index (χ3n) is 2.82. The smallest absolute Gasteiger partial charge is 0.112 e. The third kappa shape index (κ3) is 15.2. The fourth-order valence-corrected chi connectivity index (χ4v) is 1.59. The summed E-state index contributed by atoms with van der Waals surface area (Å²) in [6, 6.07) is 0.565. The van der Waals surface area contributed by atoms with E-state index in [9.17, 15) is 5.11 Å². The van der Waals surface area contributed by atoms with Gasteiger partial charge in [-0.05, 0) is 43.4 Å². The summed E-state index contributed by atoms with van der Waals surface area (Å²) in [6.45, 7) is 10.4. The van der Waals surface area contributed by atoms with Crippen LogP contribution in [-0.2, 0) is 0 Å². The molecule has 0 aliphatic heterocycles. The lowest BCUT2D eigenvalue weighted by Crippen LogP contribution is -2.27. The molecule has 3 N–H and O–H groups in total. The molecule has 2 heteroatoms. The normalized spacial score (nSPS) is 16.3. The molecule has 21 heavy (non-hydrogen) atoms. The second kappa shape index (κ2) is 17.0. The molecule has 0 unspecified atom stereocenters. The Morgan fingerprint density at radius 2 is 1.71 bits per heavy atom. The van der Waals surface area contributed by atoms with E-state index in [1.54, 1.807) is 0 Å². The van der Waals surface area contributed by atoms with E-state index in [1.165, 1.54) is 31.3 Å². The van der Waals surface area contributed by atoms with Gasteiger partial charge in [-0.3, -0.25) is 0 Å². The highest BCUT2D eigenvalue weighted by atomic mass is 16.3. The van der Waals surface area contributed by atoms with Crippen LogP contribution in [0.2, 0.25) is 0 Å². The molecule has 0 aromatic heterocycles. The average molecular weight is 296 g/mol. The number of hydrogen-bond acceptors (Lipinski definition) is 2. The van der Waals surface area contributed by atoms with E-state index in [-0.39, 0.29) is 0 Å². The molecule has 0 aromatic rings. The standard InChI is InChI=1S/C10H14O.C4H9N.C3H8.C2H6/c1-2-5-9-6-3-4-7-10(11)8-9;5-4-2-1-3-4;1-3-2;1-2/h3,6-8,11H,2,4-5H2,1H3;4H,1-3,5H2;3H2,1-2H3;1-2H3. The number of nitrogens with two attached hydrogens (primary N) is 1. The Morgan fingerprint density at radius 3 is 2.10 bits per heavy atom. The summed E-state index contributed by atoms with van der Waals surface area (Å²) in [7, 11) is 0. The number of aliphatic hydroxyl groups excluding tert-OH is 1. The van der Waals surface area contributed by atoms with Crippen molar-refractivity contribution < 1.29 is 5.11 Å². The van der Waals surface area contributed by atoms with Crippen molar-refractivity contribution in [2.24, 2.45) is 5.73 Å². The molecule has 124 valence electrons. The van der Waals surface area contributed by atoms with Crippen LogP contribution < -0.4 is 5.73 Å². The van der Waals surface area contributed by atoms with Crippen molar-refractivity contribution in [3.63, 3.8) is 0 Å². The van der Waals surface area contributed by atoms with Gasteiger partial charge in [0.15, 0.2) is 0 Å². The van der Waals surface area contributed by atoms with Crippen LogP contribution in [0.3, 0.4) is 0 Å². The molecule has 0 bridgehead atoms. The van der Waals surface area contributed by atoms with Gasteiger partial charge in [0.1, 0.15) is 5.76 Å². The highest BCUT2D eigenvalue weighted by molar-refractivity contribution is 5.29. The zero-order valence-electron chi connectivity index (χ0n) is 14.9. The van der Waals surface area contributed by atoms with Crippen LogP contribution >= 0.6 is 0 Å². The average Bonchev–Trinajstić information content (AvgIpc) is 2.65. The summed E-state index contributed by atoms with van der Waals surface area (Å²) >= 11 is 0. The van der Waals surface area contributed by atoms with Gasteiger partial charge in [-0.25, -0.2) is 0 Å². The topological polar surface area (TPSA) is 46.2 Å². The summed E-state index contributed by atoms with van der Waals surface area (Å²) < 4.78 is 0. The van der Waals surface area contributed by atoms with Crippen LogP contribution in [0, 0.1) is 0 Å². The van der Waals surface area contributed by atoms with Crippen molar-refractivity contribution in [2.45, 2.75) is 85.6 Å². The van der Waals surface area contributed by atoms with Crippen LogP contribution in [0.1, 0.15) is 79.6 Å². The molecule has 0 spiro atoms. The van der Waals surface area contributed by atoms with Gasteiger partial charge in [0, 0.05) is 6.04 Å². The Morgan fingerprint density at radius 1 is 1.19 bits per heavy atom. The molecule has 0 amide bonds. The summed E-state index contributed by atoms with van der Waals surface area (Å²) in [5, 5.41) is 9.23. The number of hydrogen-bond donors (Lipinski definition) is 2. The lowest BCUT2D eigenvalue weighted by Gasteiger charge is -2.18. The highest BCUT2D eigenvalue weighted by Crippen LogP contribution is 2.14. The van der Waals surface area contributed by atoms with Crippen molar-refractivity contribution in [1.82, 2.24) is 0 Å². The highest BCUT2D eigenvalue weighted by Gasteiger charge is 2.09. The van der Waals surface area contributed by atoms with Crippen molar-refractivity contribution in [2.75, 3.05) is 0 Å². The molecule has 2 rings (SSSR count). The summed E-state index contributed by atoms with van der Waals surface area (Å²) in [5.41, 5.74) is 6.60. The minimum absolute atomic E-state index is 0.401. The molecule has 0 aromatic carbocycles. The molecule has 2 nitrogen and oxygen atoms in total. The molecule has 0 saturated heterocycles. The van der Waals surface area contributed by atoms with Gasteiger partial charge in [-0.1, -0.05) is 66.0 Å². The predicted octanol–water partition coefficient (Wildman–Crippen LogP) is 6.05. The van der Waals surface area contributed by atoms with Crippen molar-refractivity contribution >= 4 is 0 Å². The first-order valence-electron chi connectivity index (χ1n) is 8.65. The van der Waals surface area contributed by atoms with Crippen LogP contribution in [-0.4, -0.2) is 11.1 Å². The van der Waals surface area contributed by atoms with E-state index in [2.05, 4.69) is 32.9 Å². The van der Waals surface area contributed by atoms with E-state index in [4.69, 9.17) is 5.73 Å². The monoisotopic (exact) mass is 295 g/mol. The Kier molecular flexibility index (Phi) is 18.1. The van der Waals surface area contributed by atoms with Crippen molar-refractivity contribution in [3.05, 3.63) is 35.6 Å². The van der Waals surface area contributed by atoms with Crippen molar-refractivity contribution in [1.29, 1.82) is 0 Å². The summed E-state index contributed by atoms with van der Waals surface area (Å²) in [4.78, 5) is 0. The largest absolute Gasteiger partial charge is 0.508 e. The zero-order valence-corrected chi connectivity index (χ0v) is 14.9. The molecular formula is C19H37NO. The van der Waals surface area contributed by atoms with Crippen LogP contribution in [0.4, 0.5) is 0 Å². The van der Waals surface area contributed by atoms with E-state index in [1.807, 2.05) is 26.0 Å².